The molecule has 0 amide bonds. The van der Waals surface area contributed by atoms with Crippen LogP contribution in [-0.2, 0) is 9.53 Å². The third-order valence-electron chi connectivity index (χ3n) is 5.22. The number of carbonyl (C=O) groups excluding carboxylic acids is 1. The maximum Gasteiger partial charge on any atom is 0.306 e. The van der Waals surface area contributed by atoms with E-state index in [0.717, 1.165) is 36.0 Å². The summed E-state index contributed by atoms with van der Waals surface area (Å²) in [5, 5.41) is 0. The first-order chi connectivity index (χ1) is 8.79. The fraction of sp³-hybridized carbons (Fsp3) is 0.688. The summed E-state index contributed by atoms with van der Waals surface area (Å²) in [6, 6.07) is 0. The van der Waals surface area contributed by atoms with Gasteiger partial charge in [-0.25, -0.2) is 0 Å². The summed E-state index contributed by atoms with van der Waals surface area (Å²) in [6.45, 7) is 3.90. The molecule has 2 bridgehead atoms. The van der Waals surface area contributed by atoms with Crippen LogP contribution < -0.4 is 0 Å². The average Bonchev–Trinajstić information content (AvgIpc) is 3.04. The van der Waals surface area contributed by atoms with Gasteiger partial charge in [-0.3, -0.25) is 4.79 Å². The monoisotopic (exact) mass is 246 g/mol. The Morgan fingerprint density at radius 3 is 3.11 bits per heavy atom. The first-order valence-corrected chi connectivity index (χ1v) is 7.22. The Labute approximate surface area is 109 Å². The lowest BCUT2D eigenvalue weighted by molar-refractivity contribution is -0.142. The van der Waals surface area contributed by atoms with Crippen molar-refractivity contribution in [3.8, 4) is 0 Å². The van der Waals surface area contributed by atoms with Crippen molar-refractivity contribution >= 4 is 5.97 Å². The number of hydrogen-bond donors (Lipinski definition) is 0. The second kappa shape index (κ2) is 4.91. The van der Waals surface area contributed by atoms with Gasteiger partial charge >= 0.3 is 5.97 Å². The molecule has 5 atom stereocenters. The van der Waals surface area contributed by atoms with Crippen molar-refractivity contribution in [3.05, 3.63) is 24.8 Å². The van der Waals surface area contributed by atoms with Gasteiger partial charge < -0.3 is 4.74 Å². The highest BCUT2D eigenvalue weighted by atomic mass is 16.5. The molecule has 98 valence electrons. The first kappa shape index (κ1) is 12.0. The molecule has 0 aromatic carbocycles. The molecule has 2 nitrogen and oxygen atoms in total. The van der Waals surface area contributed by atoms with Crippen molar-refractivity contribution in [3.63, 3.8) is 0 Å². The number of hydrogen-bond acceptors (Lipinski definition) is 2. The standard InChI is InChI=1S/C16H22O2/c1-2-8-18-16(17)7-6-11-9-12-10-15(11)14-5-3-4-13(12)14/h2-4,11-15H,1,5-10H2. The van der Waals surface area contributed by atoms with Crippen LogP contribution in [-0.4, -0.2) is 12.6 Å². The van der Waals surface area contributed by atoms with Crippen LogP contribution in [0.25, 0.3) is 0 Å². The van der Waals surface area contributed by atoms with Gasteiger partial charge in [-0.15, -0.1) is 0 Å². The summed E-state index contributed by atoms with van der Waals surface area (Å²) in [5.41, 5.74) is 0. The SMILES string of the molecule is C=CCOC(=O)CCC1CC2CC1C1CC=CC21. The fourth-order valence-corrected chi connectivity index (χ4v) is 4.56. The molecule has 18 heavy (non-hydrogen) atoms. The van der Waals surface area contributed by atoms with Crippen LogP contribution in [0.4, 0.5) is 0 Å². The summed E-state index contributed by atoms with van der Waals surface area (Å²) < 4.78 is 5.05. The predicted octanol–water partition coefficient (Wildman–Crippen LogP) is 3.34. The molecule has 0 radical (unpaired) electrons. The van der Waals surface area contributed by atoms with E-state index in [0.29, 0.717) is 13.0 Å². The van der Waals surface area contributed by atoms with E-state index in [1.165, 1.54) is 19.3 Å². The third kappa shape index (κ3) is 2.02. The van der Waals surface area contributed by atoms with E-state index in [1.807, 2.05) is 0 Å². The first-order valence-electron chi connectivity index (χ1n) is 7.22. The summed E-state index contributed by atoms with van der Waals surface area (Å²) in [5.74, 6) is 4.28. The van der Waals surface area contributed by atoms with Gasteiger partial charge in [0.25, 0.3) is 0 Å². The Balaban J connectivity index is 1.48. The van der Waals surface area contributed by atoms with Crippen LogP contribution >= 0.6 is 0 Å². The Kier molecular flexibility index (Phi) is 3.27. The highest BCUT2D eigenvalue weighted by Crippen LogP contribution is 2.59. The van der Waals surface area contributed by atoms with Gasteiger partial charge in [0.05, 0.1) is 0 Å². The molecule has 0 N–H and O–H groups in total. The van der Waals surface area contributed by atoms with Crippen molar-refractivity contribution < 1.29 is 9.53 Å². The van der Waals surface area contributed by atoms with Crippen molar-refractivity contribution in [2.24, 2.45) is 29.6 Å². The molecule has 5 unspecified atom stereocenters. The Hall–Kier alpha value is -1.05. The smallest absolute Gasteiger partial charge is 0.306 e. The maximum atomic E-state index is 11.5. The van der Waals surface area contributed by atoms with Crippen LogP contribution in [0.5, 0.6) is 0 Å². The number of esters is 1. The predicted molar refractivity (Wildman–Crippen MR) is 70.8 cm³/mol. The van der Waals surface area contributed by atoms with Crippen LogP contribution in [0.3, 0.4) is 0 Å². The molecule has 0 spiro atoms. The molecule has 3 rings (SSSR count). The summed E-state index contributed by atoms with van der Waals surface area (Å²) in [4.78, 5) is 11.5. The molecule has 2 saturated carbocycles. The molecule has 0 heterocycles. The molecule has 0 saturated heterocycles. The van der Waals surface area contributed by atoms with Gasteiger partial charge in [-0.05, 0) is 55.3 Å². The van der Waals surface area contributed by atoms with Gasteiger partial charge in [0.1, 0.15) is 6.61 Å². The molecule has 3 aliphatic rings. The van der Waals surface area contributed by atoms with Gasteiger partial charge in [0, 0.05) is 6.42 Å². The zero-order chi connectivity index (χ0) is 12.5. The molecular formula is C16H22O2. The lowest BCUT2D eigenvalue weighted by Crippen LogP contribution is -2.25. The summed E-state index contributed by atoms with van der Waals surface area (Å²) in [6.07, 6.45) is 12.1. The van der Waals surface area contributed by atoms with E-state index < -0.39 is 0 Å². The van der Waals surface area contributed by atoms with Crippen molar-refractivity contribution in [1.82, 2.24) is 0 Å². The minimum atomic E-state index is -0.0567. The Bertz CT molecular complexity index is 371. The van der Waals surface area contributed by atoms with Gasteiger partial charge in [-0.1, -0.05) is 24.8 Å². The van der Waals surface area contributed by atoms with Gasteiger partial charge in [-0.2, -0.15) is 0 Å². The van der Waals surface area contributed by atoms with Crippen molar-refractivity contribution in [1.29, 1.82) is 0 Å². The quantitative estimate of drug-likeness (QED) is 0.549. The number of rotatable bonds is 5. The van der Waals surface area contributed by atoms with Gasteiger partial charge in [0.15, 0.2) is 0 Å². The second-order valence-corrected chi connectivity index (χ2v) is 6.07. The number of fused-ring (bicyclic) bond motifs is 5. The maximum absolute atomic E-state index is 11.5. The highest BCUT2D eigenvalue weighted by Gasteiger charge is 2.51. The number of ether oxygens (including phenoxy) is 1. The molecule has 0 aromatic rings. The summed E-state index contributed by atoms with van der Waals surface area (Å²) in [7, 11) is 0. The van der Waals surface area contributed by atoms with Crippen LogP contribution in [0.1, 0.15) is 32.1 Å². The van der Waals surface area contributed by atoms with Crippen molar-refractivity contribution in [2.75, 3.05) is 6.61 Å². The minimum absolute atomic E-state index is 0.0567. The minimum Gasteiger partial charge on any atom is -0.461 e. The topological polar surface area (TPSA) is 26.3 Å². The molecular weight excluding hydrogens is 224 g/mol. The largest absolute Gasteiger partial charge is 0.461 e. The molecule has 0 aliphatic heterocycles. The molecule has 0 aromatic heterocycles. The molecule has 3 aliphatic carbocycles. The zero-order valence-electron chi connectivity index (χ0n) is 10.9. The van der Waals surface area contributed by atoms with Crippen LogP contribution in [0.2, 0.25) is 0 Å². The van der Waals surface area contributed by atoms with Gasteiger partial charge in [0.2, 0.25) is 0 Å². The second-order valence-electron chi connectivity index (χ2n) is 6.07. The molecule has 2 heteroatoms. The summed E-state index contributed by atoms with van der Waals surface area (Å²) >= 11 is 0. The normalized spacial score (nSPS) is 39.9. The van der Waals surface area contributed by atoms with E-state index in [1.54, 1.807) is 6.08 Å². The van der Waals surface area contributed by atoms with E-state index in [-0.39, 0.29) is 5.97 Å². The number of allylic oxidation sites excluding steroid dienone is 2. The van der Waals surface area contributed by atoms with Crippen LogP contribution in [0, 0.1) is 29.6 Å². The third-order valence-corrected chi connectivity index (χ3v) is 5.22. The lowest BCUT2D eigenvalue weighted by Gasteiger charge is -2.31. The van der Waals surface area contributed by atoms with E-state index in [2.05, 4.69) is 18.7 Å². The zero-order valence-corrected chi connectivity index (χ0v) is 10.9. The lowest BCUT2D eigenvalue weighted by atomic mass is 9.74. The Morgan fingerprint density at radius 1 is 1.39 bits per heavy atom. The Morgan fingerprint density at radius 2 is 2.28 bits per heavy atom. The van der Waals surface area contributed by atoms with E-state index in [4.69, 9.17) is 4.74 Å². The van der Waals surface area contributed by atoms with Crippen LogP contribution in [0.15, 0.2) is 24.8 Å². The average molecular weight is 246 g/mol. The van der Waals surface area contributed by atoms with Crippen molar-refractivity contribution in [2.45, 2.75) is 32.1 Å². The highest BCUT2D eigenvalue weighted by molar-refractivity contribution is 5.69. The van der Waals surface area contributed by atoms with E-state index in [9.17, 15) is 4.79 Å². The van der Waals surface area contributed by atoms with E-state index >= 15 is 0 Å². The molecule has 2 fully saturated rings. The fourth-order valence-electron chi connectivity index (χ4n) is 4.56. The number of carbonyl (C=O) groups is 1.